The van der Waals surface area contributed by atoms with Crippen molar-refractivity contribution in [2.45, 2.75) is 0 Å². The van der Waals surface area contributed by atoms with Gasteiger partial charge in [0.15, 0.2) is 5.82 Å². The first-order valence-corrected chi connectivity index (χ1v) is 20.7. The average Bonchev–Trinajstić information content (AvgIpc) is 3.67. The van der Waals surface area contributed by atoms with Crippen LogP contribution in [0.1, 0.15) is 0 Å². The van der Waals surface area contributed by atoms with Crippen molar-refractivity contribution in [2.24, 2.45) is 0 Å². The normalized spacial score (nSPS) is 11.6. The molecule has 61 heavy (non-hydrogen) atoms. The van der Waals surface area contributed by atoms with Gasteiger partial charge < -0.3 is 4.57 Å². The van der Waals surface area contributed by atoms with Crippen molar-refractivity contribution in [1.82, 2.24) is 19.5 Å². The fraction of sp³-hybridized carbons (Fsp3) is 0. The Bertz CT molecular complexity index is 3560. The van der Waals surface area contributed by atoms with Crippen molar-refractivity contribution in [3.8, 4) is 62.0 Å². The predicted octanol–water partition coefficient (Wildman–Crippen LogP) is 14.8. The quantitative estimate of drug-likeness (QED) is 0.158. The van der Waals surface area contributed by atoms with Crippen LogP contribution in [0.2, 0.25) is 0 Å². The summed E-state index contributed by atoms with van der Waals surface area (Å²) in [6.07, 6.45) is 0. The highest BCUT2D eigenvalue weighted by molar-refractivity contribution is 6.22. The lowest BCUT2D eigenvalue weighted by atomic mass is 9.96. The highest BCUT2D eigenvalue weighted by Gasteiger charge is 2.20. The van der Waals surface area contributed by atoms with E-state index in [1.807, 2.05) is 24.3 Å². The van der Waals surface area contributed by atoms with Crippen molar-refractivity contribution in [3.05, 3.63) is 218 Å². The summed E-state index contributed by atoms with van der Waals surface area (Å²) in [4.78, 5) is 15.5. The molecule has 0 aliphatic rings. The summed E-state index contributed by atoms with van der Waals surface area (Å²) in [6, 6.07) is 77.5. The number of aromatic nitrogens is 4. The first-order chi connectivity index (χ1) is 30.2. The zero-order chi connectivity index (χ0) is 40.3. The number of para-hydroxylation sites is 3. The van der Waals surface area contributed by atoms with E-state index in [1.165, 1.54) is 32.6 Å². The van der Waals surface area contributed by atoms with Crippen LogP contribution in [0, 0.1) is 0 Å². The van der Waals surface area contributed by atoms with Crippen LogP contribution in [0.5, 0.6) is 0 Å². The second kappa shape index (κ2) is 14.3. The summed E-state index contributed by atoms with van der Waals surface area (Å²) in [6.45, 7) is 0. The Morgan fingerprint density at radius 2 is 0.934 bits per heavy atom. The smallest absolute Gasteiger partial charge is 0.160 e. The Balaban J connectivity index is 1.08. The van der Waals surface area contributed by atoms with Crippen molar-refractivity contribution >= 4 is 54.3 Å². The topological polar surface area (TPSA) is 43.6 Å². The SMILES string of the molecule is c1ccc(-c2cc(-c3ccc4ccc(-c5cccc6c7cc8c(-c9ccccc9)nc9ccccc9c8cc7n(-c7ccccc7)c56)cc4c3)nc(-c3ccccc3)n2)cc1. The monoisotopic (exact) mass is 776 g/mol. The fourth-order valence-electron chi connectivity index (χ4n) is 9.05. The molecule has 0 aliphatic carbocycles. The van der Waals surface area contributed by atoms with Crippen LogP contribution in [-0.2, 0) is 0 Å². The maximum atomic E-state index is 5.27. The van der Waals surface area contributed by atoms with E-state index in [0.717, 1.165) is 77.8 Å². The molecule has 0 spiro atoms. The van der Waals surface area contributed by atoms with E-state index in [9.17, 15) is 0 Å². The lowest BCUT2D eigenvalue weighted by molar-refractivity contribution is 1.18. The number of rotatable bonds is 6. The second-order valence-electron chi connectivity index (χ2n) is 15.6. The van der Waals surface area contributed by atoms with Crippen LogP contribution in [0.15, 0.2) is 218 Å². The van der Waals surface area contributed by atoms with Gasteiger partial charge in [-0.25, -0.2) is 15.0 Å². The molecular formula is C57H36N4. The van der Waals surface area contributed by atoms with E-state index in [4.69, 9.17) is 15.0 Å². The molecule has 0 aliphatic heterocycles. The zero-order valence-electron chi connectivity index (χ0n) is 33.1. The summed E-state index contributed by atoms with van der Waals surface area (Å²) < 4.78 is 2.45. The Morgan fingerprint density at radius 3 is 1.69 bits per heavy atom. The van der Waals surface area contributed by atoms with Crippen LogP contribution in [-0.4, -0.2) is 19.5 Å². The highest BCUT2D eigenvalue weighted by Crippen LogP contribution is 2.43. The van der Waals surface area contributed by atoms with E-state index < -0.39 is 0 Å². The first kappa shape index (κ1) is 34.8. The minimum atomic E-state index is 0.707. The lowest BCUT2D eigenvalue weighted by Crippen LogP contribution is -1.96. The molecule has 0 unspecified atom stereocenters. The van der Waals surface area contributed by atoms with Gasteiger partial charge in [-0.3, -0.25) is 0 Å². The highest BCUT2D eigenvalue weighted by atomic mass is 15.0. The summed E-state index contributed by atoms with van der Waals surface area (Å²) in [7, 11) is 0. The van der Waals surface area contributed by atoms with Gasteiger partial charge in [-0.05, 0) is 70.3 Å². The molecule has 12 aromatic rings. The molecule has 9 aromatic carbocycles. The van der Waals surface area contributed by atoms with E-state index in [0.29, 0.717) is 5.82 Å². The minimum absolute atomic E-state index is 0.707. The van der Waals surface area contributed by atoms with Gasteiger partial charge in [-0.1, -0.05) is 170 Å². The van der Waals surface area contributed by atoms with Gasteiger partial charge in [0.25, 0.3) is 0 Å². The second-order valence-corrected chi connectivity index (χ2v) is 15.6. The van der Waals surface area contributed by atoms with E-state index in [2.05, 4.69) is 199 Å². The zero-order valence-corrected chi connectivity index (χ0v) is 33.1. The lowest BCUT2D eigenvalue weighted by Gasteiger charge is -2.14. The first-order valence-electron chi connectivity index (χ1n) is 20.7. The molecular weight excluding hydrogens is 741 g/mol. The predicted molar refractivity (Wildman–Crippen MR) is 254 cm³/mol. The standard InChI is InChI=1S/C57H36N4/c1-5-16-38(17-6-1)52-36-53(60-57(59-52)40-20-9-3-10-21-40)42-31-29-37-28-30-41(32-43(37)33-42)45-25-15-26-47-49-34-50-48(35-54(49)61(56(45)47)44-22-11-4-12-23-44)46-24-13-14-27-51(46)58-55(50)39-18-7-2-8-19-39/h1-36H. The van der Waals surface area contributed by atoms with Crippen LogP contribution < -0.4 is 0 Å². The maximum absolute atomic E-state index is 5.27. The molecule has 0 saturated carbocycles. The third-order valence-electron chi connectivity index (χ3n) is 11.9. The molecule has 12 rings (SSSR count). The van der Waals surface area contributed by atoms with E-state index in [1.54, 1.807) is 0 Å². The molecule has 3 heterocycles. The molecule has 0 atom stereocenters. The number of hydrogen-bond donors (Lipinski definition) is 0. The van der Waals surface area contributed by atoms with Gasteiger partial charge in [0.2, 0.25) is 0 Å². The van der Waals surface area contributed by atoms with Gasteiger partial charge >= 0.3 is 0 Å². The third kappa shape index (κ3) is 5.96. The Labute approximate surface area is 352 Å². The number of hydrogen-bond acceptors (Lipinski definition) is 3. The Morgan fingerprint density at radius 1 is 0.328 bits per heavy atom. The molecule has 0 amide bonds. The van der Waals surface area contributed by atoms with Gasteiger partial charge in [0, 0.05) is 55.0 Å². The molecule has 4 nitrogen and oxygen atoms in total. The largest absolute Gasteiger partial charge is 0.309 e. The maximum Gasteiger partial charge on any atom is 0.160 e. The van der Waals surface area contributed by atoms with Crippen molar-refractivity contribution in [1.29, 1.82) is 0 Å². The van der Waals surface area contributed by atoms with Crippen molar-refractivity contribution < 1.29 is 0 Å². The number of nitrogens with zero attached hydrogens (tertiary/aromatic N) is 4. The summed E-state index contributed by atoms with van der Waals surface area (Å²) in [5.41, 5.74) is 13.7. The molecule has 0 fully saturated rings. The Kier molecular flexibility index (Phi) is 8.13. The van der Waals surface area contributed by atoms with Crippen LogP contribution in [0.3, 0.4) is 0 Å². The molecule has 0 saturated heterocycles. The van der Waals surface area contributed by atoms with Crippen molar-refractivity contribution in [3.63, 3.8) is 0 Å². The van der Waals surface area contributed by atoms with Crippen LogP contribution >= 0.6 is 0 Å². The molecule has 3 aromatic heterocycles. The molecule has 0 bridgehead atoms. The summed E-state index contributed by atoms with van der Waals surface area (Å²) >= 11 is 0. The molecule has 4 heteroatoms. The van der Waals surface area contributed by atoms with Crippen LogP contribution in [0.4, 0.5) is 0 Å². The van der Waals surface area contributed by atoms with Gasteiger partial charge in [-0.2, -0.15) is 0 Å². The van der Waals surface area contributed by atoms with Crippen molar-refractivity contribution in [2.75, 3.05) is 0 Å². The van der Waals surface area contributed by atoms with E-state index >= 15 is 0 Å². The number of benzene rings is 9. The number of fused-ring (bicyclic) bond motifs is 7. The van der Waals surface area contributed by atoms with Crippen LogP contribution in [0.25, 0.3) is 116 Å². The Hall–Kier alpha value is -8.21. The molecule has 0 N–H and O–H groups in total. The van der Waals surface area contributed by atoms with Gasteiger partial charge in [-0.15, -0.1) is 0 Å². The third-order valence-corrected chi connectivity index (χ3v) is 11.9. The molecule has 284 valence electrons. The van der Waals surface area contributed by atoms with Gasteiger partial charge in [0.05, 0.1) is 33.6 Å². The fourth-order valence-corrected chi connectivity index (χ4v) is 9.05. The number of pyridine rings is 1. The van der Waals surface area contributed by atoms with E-state index in [-0.39, 0.29) is 0 Å². The van der Waals surface area contributed by atoms with Gasteiger partial charge in [0.1, 0.15) is 0 Å². The minimum Gasteiger partial charge on any atom is -0.309 e. The molecule has 0 radical (unpaired) electrons. The average molecular weight is 777 g/mol. The summed E-state index contributed by atoms with van der Waals surface area (Å²) in [5.74, 6) is 0.707. The summed E-state index contributed by atoms with van der Waals surface area (Å²) in [5, 5.41) is 8.18.